The van der Waals surface area contributed by atoms with Crippen molar-refractivity contribution in [2.24, 2.45) is 0 Å². The number of rotatable bonds is 5. The first-order chi connectivity index (χ1) is 9.79. The van der Waals surface area contributed by atoms with E-state index < -0.39 is 5.82 Å². The first-order valence-electron chi connectivity index (χ1n) is 6.72. The van der Waals surface area contributed by atoms with E-state index in [0.717, 1.165) is 17.9 Å². The minimum Gasteiger partial charge on any atom is -0.494 e. The summed E-state index contributed by atoms with van der Waals surface area (Å²) in [6.07, 6.45) is 2.07. The molecule has 1 heterocycles. The number of benzene rings is 1. The lowest BCUT2D eigenvalue weighted by Gasteiger charge is -2.24. The molecule has 1 unspecified atom stereocenters. The predicted molar refractivity (Wildman–Crippen MR) is 88.1 cm³/mol. The normalized spacial score (nSPS) is 13.7. The Morgan fingerprint density at radius 1 is 1.48 bits per heavy atom. The van der Waals surface area contributed by atoms with E-state index in [2.05, 4.69) is 29.7 Å². The minimum absolute atomic E-state index is 0.0236. The molecule has 1 aromatic heterocycles. The van der Waals surface area contributed by atoms with Crippen molar-refractivity contribution in [1.29, 1.82) is 0 Å². The van der Waals surface area contributed by atoms with Crippen molar-refractivity contribution < 1.29 is 9.13 Å². The van der Waals surface area contributed by atoms with E-state index >= 15 is 0 Å². The fraction of sp³-hybridized carbons (Fsp3) is 0.533. The fourth-order valence-electron chi connectivity index (χ4n) is 2.22. The molecule has 1 atom stereocenters. The average Bonchev–Trinajstić information content (AvgIpc) is 2.75. The lowest BCUT2D eigenvalue weighted by molar-refractivity contribution is 0.387. The number of aromatic nitrogens is 2. The van der Waals surface area contributed by atoms with Crippen LogP contribution in [0.2, 0.25) is 0 Å². The maximum atomic E-state index is 13.9. The monoisotopic (exact) mass is 330 g/mol. The molecule has 0 saturated carbocycles. The molecule has 0 N–H and O–H groups in total. The number of imidazole rings is 1. The van der Waals surface area contributed by atoms with Crippen LogP contribution in [0.4, 0.5) is 4.39 Å². The molecular formula is C15H20ClFN2OS. The Bertz CT molecular complexity index is 655. The topological polar surface area (TPSA) is 27.1 Å². The molecule has 0 aliphatic carbocycles. The van der Waals surface area contributed by atoms with Gasteiger partial charge in [0.2, 0.25) is 0 Å². The number of fused-ring (bicyclic) bond motifs is 1. The molecule has 0 saturated heterocycles. The van der Waals surface area contributed by atoms with Gasteiger partial charge in [-0.2, -0.15) is 11.8 Å². The number of hydrogen-bond acceptors (Lipinski definition) is 3. The van der Waals surface area contributed by atoms with Crippen LogP contribution in [0.15, 0.2) is 12.1 Å². The van der Waals surface area contributed by atoms with E-state index in [1.54, 1.807) is 17.8 Å². The molecule has 0 amide bonds. The zero-order valence-corrected chi connectivity index (χ0v) is 14.5. The summed E-state index contributed by atoms with van der Waals surface area (Å²) in [5.41, 5.74) is 1.45. The zero-order valence-electron chi connectivity index (χ0n) is 12.9. The van der Waals surface area contributed by atoms with Gasteiger partial charge in [-0.1, -0.05) is 0 Å². The molecule has 0 fully saturated rings. The van der Waals surface area contributed by atoms with Gasteiger partial charge in [-0.15, -0.1) is 11.6 Å². The molecule has 6 heteroatoms. The second-order valence-electron chi connectivity index (χ2n) is 5.61. The van der Waals surface area contributed by atoms with Gasteiger partial charge in [0.15, 0.2) is 11.6 Å². The smallest absolute Gasteiger partial charge is 0.167 e. The van der Waals surface area contributed by atoms with Gasteiger partial charge in [-0.3, -0.25) is 0 Å². The molecule has 0 aliphatic heterocycles. The first kappa shape index (κ1) is 16.4. The third-order valence-electron chi connectivity index (χ3n) is 3.50. The van der Waals surface area contributed by atoms with E-state index in [-0.39, 0.29) is 15.9 Å². The molecule has 2 rings (SSSR count). The van der Waals surface area contributed by atoms with Crippen LogP contribution in [-0.2, 0) is 6.54 Å². The molecule has 0 radical (unpaired) electrons. The van der Waals surface area contributed by atoms with Crippen molar-refractivity contribution in [3.05, 3.63) is 23.8 Å². The van der Waals surface area contributed by atoms with Crippen LogP contribution in [-0.4, -0.2) is 27.7 Å². The maximum Gasteiger partial charge on any atom is 0.167 e. The molecule has 2 aromatic rings. The fourth-order valence-corrected chi connectivity index (χ4v) is 2.64. The van der Waals surface area contributed by atoms with Gasteiger partial charge < -0.3 is 9.30 Å². The van der Waals surface area contributed by atoms with Crippen molar-refractivity contribution in [3.63, 3.8) is 0 Å². The molecule has 21 heavy (non-hydrogen) atoms. The van der Waals surface area contributed by atoms with Crippen LogP contribution in [0.25, 0.3) is 11.0 Å². The molecule has 0 spiro atoms. The molecule has 0 aliphatic rings. The zero-order chi connectivity index (χ0) is 15.8. The molecule has 3 nitrogen and oxygen atoms in total. The van der Waals surface area contributed by atoms with Crippen LogP contribution in [0.5, 0.6) is 5.75 Å². The van der Waals surface area contributed by atoms with Gasteiger partial charge in [0.1, 0.15) is 5.82 Å². The Kier molecular flexibility index (Phi) is 4.73. The van der Waals surface area contributed by atoms with Gasteiger partial charge in [0, 0.05) is 23.4 Å². The first-order valence-corrected chi connectivity index (χ1v) is 8.38. The lowest BCUT2D eigenvalue weighted by Crippen LogP contribution is -2.23. The Labute approximate surface area is 133 Å². The second kappa shape index (κ2) is 6.05. The second-order valence-corrected chi connectivity index (χ2v) is 7.78. The number of hydrogen-bond donors (Lipinski definition) is 0. The summed E-state index contributed by atoms with van der Waals surface area (Å²) >= 11 is 8.02. The van der Waals surface area contributed by atoms with Crippen LogP contribution < -0.4 is 4.74 Å². The van der Waals surface area contributed by atoms with Gasteiger partial charge in [-0.05, 0) is 27.0 Å². The van der Waals surface area contributed by atoms with E-state index in [9.17, 15) is 4.39 Å². The number of ether oxygens (including phenoxy) is 1. The number of thioether (sulfide) groups is 1. The minimum atomic E-state index is -0.410. The highest BCUT2D eigenvalue weighted by Gasteiger charge is 2.23. The van der Waals surface area contributed by atoms with Gasteiger partial charge in [0.25, 0.3) is 0 Å². The van der Waals surface area contributed by atoms with Crippen molar-refractivity contribution in [3.8, 4) is 5.75 Å². The third-order valence-corrected chi connectivity index (χ3v) is 4.93. The van der Waals surface area contributed by atoms with E-state index in [0.29, 0.717) is 5.52 Å². The van der Waals surface area contributed by atoms with Crippen molar-refractivity contribution >= 4 is 34.4 Å². The number of alkyl halides is 1. The summed E-state index contributed by atoms with van der Waals surface area (Å²) in [7, 11) is 1.46. The maximum absolute atomic E-state index is 13.9. The lowest BCUT2D eigenvalue weighted by atomic mass is 10.2. The Morgan fingerprint density at radius 2 is 2.14 bits per heavy atom. The largest absolute Gasteiger partial charge is 0.494 e. The Hall–Kier alpha value is -0.940. The van der Waals surface area contributed by atoms with Crippen LogP contribution in [0.1, 0.15) is 32.0 Å². The predicted octanol–water partition coefficient (Wildman–Crippen LogP) is 4.63. The summed E-state index contributed by atoms with van der Waals surface area (Å²) in [4.78, 5) is 4.49. The Morgan fingerprint density at radius 3 is 2.67 bits per heavy atom. The standard InChI is InChI=1S/C15H20ClFN2OS/c1-9(16)14-18-11-6-10(17)13(20-4)7-12(11)19(14)8-15(2,3)21-5/h6-7,9H,8H2,1-5H3. The summed E-state index contributed by atoms with van der Waals surface area (Å²) in [6.45, 7) is 6.94. The van der Waals surface area contributed by atoms with E-state index in [1.807, 2.05) is 6.92 Å². The van der Waals surface area contributed by atoms with E-state index in [1.165, 1.54) is 13.2 Å². The van der Waals surface area contributed by atoms with Gasteiger partial charge >= 0.3 is 0 Å². The van der Waals surface area contributed by atoms with Gasteiger partial charge in [0.05, 0.1) is 23.5 Å². The highest BCUT2D eigenvalue weighted by Crippen LogP contribution is 2.32. The summed E-state index contributed by atoms with van der Waals surface area (Å²) in [6, 6.07) is 3.09. The van der Waals surface area contributed by atoms with Crippen LogP contribution in [0, 0.1) is 5.82 Å². The van der Waals surface area contributed by atoms with Crippen molar-refractivity contribution in [2.75, 3.05) is 13.4 Å². The molecule has 0 bridgehead atoms. The third kappa shape index (κ3) is 3.29. The quantitative estimate of drug-likeness (QED) is 0.748. The Balaban J connectivity index is 2.66. The summed E-state index contributed by atoms with van der Waals surface area (Å²) in [5, 5.41) is -0.246. The highest BCUT2D eigenvalue weighted by molar-refractivity contribution is 7.99. The molecule has 116 valence electrons. The summed E-state index contributed by atoms with van der Waals surface area (Å²) in [5.74, 6) is 0.563. The molecule has 1 aromatic carbocycles. The number of methoxy groups -OCH3 is 1. The van der Waals surface area contributed by atoms with Crippen molar-refractivity contribution in [2.45, 2.75) is 37.4 Å². The van der Waals surface area contributed by atoms with E-state index in [4.69, 9.17) is 16.3 Å². The average molecular weight is 331 g/mol. The van der Waals surface area contributed by atoms with Crippen LogP contribution in [0.3, 0.4) is 0 Å². The SMILES string of the molecule is COc1cc2c(cc1F)nc(C(C)Cl)n2CC(C)(C)SC. The number of nitrogens with zero attached hydrogens (tertiary/aromatic N) is 2. The summed E-state index contributed by atoms with van der Waals surface area (Å²) < 4.78 is 21.0. The van der Waals surface area contributed by atoms with Crippen LogP contribution >= 0.6 is 23.4 Å². The van der Waals surface area contributed by atoms with Crippen molar-refractivity contribution in [1.82, 2.24) is 9.55 Å². The number of halogens is 2. The molecular weight excluding hydrogens is 311 g/mol. The highest BCUT2D eigenvalue weighted by atomic mass is 35.5. The van der Waals surface area contributed by atoms with Gasteiger partial charge in [-0.25, -0.2) is 9.37 Å².